The van der Waals surface area contributed by atoms with Crippen molar-refractivity contribution in [3.63, 3.8) is 0 Å². The second-order valence-corrected chi connectivity index (χ2v) is 17.2. The molecule has 0 spiro atoms. The van der Waals surface area contributed by atoms with E-state index < -0.39 is 17.7 Å². The zero-order chi connectivity index (χ0) is 53.7. The SMILES string of the molecule is CCCN(CCC)C(=O)C1=Cc2ncc(C3=CC=C(CNC(=O)CCOCCOCCOCCOCCOCCOCCOCCOCCOCCOCCNC(=O)CN4C(=O)C=CC4=O)N(C)C3)cc2N=C(N)C1. The lowest BCUT2D eigenvalue weighted by atomic mass is 10.0. The maximum atomic E-state index is 13.3. The van der Waals surface area contributed by atoms with Gasteiger partial charge in [0.15, 0.2) is 0 Å². The van der Waals surface area contributed by atoms with Crippen LogP contribution in [-0.2, 0) is 71.3 Å². The summed E-state index contributed by atoms with van der Waals surface area (Å²) in [4.78, 5) is 74.8. The molecule has 0 saturated heterocycles. The zero-order valence-electron chi connectivity index (χ0n) is 44.2. The van der Waals surface area contributed by atoms with Gasteiger partial charge >= 0.3 is 0 Å². The highest BCUT2D eigenvalue weighted by atomic mass is 16.6. The smallest absolute Gasteiger partial charge is 0.254 e. The van der Waals surface area contributed by atoms with Crippen LogP contribution in [0.2, 0.25) is 0 Å². The Kier molecular flexibility index (Phi) is 31.6. The number of carbonyl (C=O) groups excluding carboxylic acids is 5. The summed E-state index contributed by atoms with van der Waals surface area (Å²) >= 11 is 0. The summed E-state index contributed by atoms with van der Waals surface area (Å²) in [6, 6.07) is 1.96. The number of rotatable bonds is 43. The van der Waals surface area contributed by atoms with Crippen LogP contribution in [0, 0.1) is 0 Å². The van der Waals surface area contributed by atoms with Crippen LogP contribution in [0.3, 0.4) is 0 Å². The van der Waals surface area contributed by atoms with E-state index in [0.717, 1.165) is 46.7 Å². The van der Waals surface area contributed by atoms with Gasteiger partial charge in [-0.25, -0.2) is 4.99 Å². The van der Waals surface area contributed by atoms with E-state index >= 15 is 0 Å². The van der Waals surface area contributed by atoms with Gasteiger partial charge in [-0.05, 0) is 42.2 Å². The summed E-state index contributed by atoms with van der Waals surface area (Å²) in [5.74, 6) is -1.17. The molecule has 4 heterocycles. The number of allylic oxidation sites excluding steroid dienone is 2. The molecule has 5 amide bonds. The van der Waals surface area contributed by atoms with Gasteiger partial charge in [0.1, 0.15) is 12.4 Å². The van der Waals surface area contributed by atoms with Gasteiger partial charge in [-0.15, -0.1) is 0 Å². The van der Waals surface area contributed by atoms with E-state index in [2.05, 4.69) is 39.4 Å². The van der Waals surface area contributed by atoms with Gasteiger partial charge in [0.05, 0.1) is 150 Å². The number of imide groups is 1. The second-order valence-electron chi connectivity index (χ2n) is 17.2. The average Bonchev–Trinajstić information content (AvgIpc) is 3.60. The molecular weight excluding hydrogens is 977 g/mol. The van der Waals surface area contributed by atoms with Crippen molar-refractivity contribution >= 4 is 52.7 Å². The predicted octanol–water partition coefficient (Wildman–Crippen LogP) is 1.43. The second kappa shape index (κ2) is 38.1. The number of nitrogens with zero attached hydrogens (tertiary/aromatic N) is 5. The quantitative estimate of drug-likeness (QED) is 0.0617. The number of nitrogens with one attached hydrogen (secondary N) is 2. The van der Waals surface area contributed by atoms with Gasteiger partial charge in [0.2, 0.25) is 17.7 Å². The molecule has 75 heavy (non-hydrogen) atoms. The van der Waals surface area contributed by atoms with Gasteiger partial charge in [-0.1, -0.05) is 19.9 Å². The number of ether oxygens (including phenoxy) is 10. The Morgan fingerprint density at radius 3 is 1.61 bits per heavy atom. The summed E-state index contributed by atoms with van der Waals surface area (Å²) in [6.07, 6.45) is 12.2. The van der Waals surface area contributed by atoms with Crippen molar-refractivity contribution in [1.29, 1.82) is 0 Å². The molecule has 0 bridgehead atoms. The van der Waals surface area contributed by atoms with Crippen molar-refractivity contribution in [2.24, 2.45) is 10.7 Å². The van der Waals surface area contributed by atoms with E-state index in [4.69, 9.17) is 53.1 Å². The van der Waals surface area contributed by atoms with E-state index in [1.54, 1.807) is 6.20 Å². The molecule has 23 nitrogen and oxygen atoms in total. The summed E-state index contributed by atoms with van der Waals surface area (Å²) in [6.45, 7) is 14.7. The third kappa shape index (κ3) is 25.8. The van der Waals surface area contributed by atoms with Crippen molar-refractivity contribution in [2.75, 3.05) is 178 Å². The number of hydrogen-bond acceptors (Lipinski definition) is 19. The number of aliphatic imine (C=N–C) groups is 1. The van der Waals surface area contributed by atoms with Crippen molar-refractivity contribution in [2.45, 2.75) is 39.5 Å². The molecule has 418 valence electrons. The fourth-order valence-corrected chi connectivity index (χ4v) is 7.33. The zero-order valence-corrected chi connectivity index (χ0v) is 44.2. The van der Waals surface area contributed by atoms with Crippen LogP contribution in [-0.4, -0.2) is 234 Å². The molecule has 1 aromatic rings. The third-order valence-corrected chi connectivity index (χ3v) is 11.2. The molecule has 23 heteroatoms. The maximum absolute atomic E-state index is 13.3. The summed E-state index contributed by atoms with van der Waals surface area (Å²) in [5.41, 5.74) is 11.1. The summed E-state index contributed by atoms with van der Waals surface area (Å²) in [7, 11) is 1.98. The highest BCUT2D eigenvalue weighted by molar-refractivity contribution is 6.14. The lowest BCUT2D eigenvalue weighted by molar-refractivity contribution is -0.141. The van der Waals surface area contributed by atoms with E-state index in [0.29, 0.717) is 168 Å². The molecule has 1 aromatic heterocycles. The number of pyridine rings is 1. The molecule has 0 unspecified atom stereocenters. The van der Waals surface area contributed by atoms with Crippen LogP contribution in [0.4, 0.5) is 5.69 Å². The number of hydrogen-bond donors (Lipinski definition) is 3. The van der Waals surface area contributed by atoms with Crippen molar-refractivity contribution in [1.82, 2.24) is 30.3 Å². The van der Waals surface area contributed by atoms with Crippen molar-refractivity contribution < 1.29 is 71.3 Å². The number of carbonyl (C=O) groups is 5. The Morgan fingerprint density at radius 2 is 1.13 bits per heavy atom. The molecule has 4 N–H and O–H groups in total. The van der Waals surface area contributed by atoms with Crippen LogP contribution < -0.4 is 16.4 Å². The van der Waals surface area contributed by atoms with Crippen LogP contribution in [0.1, 0.15) is 50.8 Å². The third-order valence-electron chi connectivity index (χ3n) is 11.2. The Morgan fingerprint density at radius 1 is 0.653 bits per heavy atom. The predicted molar refractivity (Wildman–Crippen MR) is 279 cm³/mol. The summed E-state index contributed by atoms with van der Waals surface area (Å²) < 4.78 is 55.0. The van der Waals surface area contributed by atoms with Crippen LogP contribution in [0.5, 0.6) is 0 Å². The minimum absolute atomic E-state index is 0.0220. The molecule has 0 fully saturated rings. The lowest BCUT2D eigenvalue weighted by Gasteiger charge is -2.27. The number of fused-ring (bicyclic) bond motifs is 1. The highest BCUT2D eigenvalue weighted by Crippen LogP contribution is 2.30. The highest BCUT2D eigenvalue weighted by Gasteiger charge is 2.26. The van der Waals surface area contributed by atoms with Crippen LogP contribution in [0.15, 0.2) is 52.8 Å². The molecule has 0 aromatic carbocycles. The molecule has 0 radical (unpaired) electrons. The average molecular weight is 1060 g/mol. The molecule has 4 rings (SSSR count). The maximum Gasteiger partial charge on any atom is 0.254 e. The first-order valence-electron chi connectivity index (χ1n) is 25.9. The minimum atomic E-state index is -0.498. The topological polar surface area (TPSA) is 263 Å². The van der Waals surface area contributed by atoms with Gasteiger partial charge in [-0.2, -0.15) is 0 Å². The lowest BCUT2D eigenvalue weighted by Crippen LogP contribution is -2.41. The molecule has 3 aliphatic rings. The van der Waals surface area contributed by atoms with Crippen LogP contribution in [0.25, 0.3) is 11.6 Å². The van der Waals surface area contributed by atoms with Crippen molar-refractivity contribution in [3.8, 4) is 0 Å². The number of nitrogens with two attached hydrogens (primary N) is 1. The van der Waals surface area contributed by atoms with E-state index in [1.165, 1.54) is 0 Å². The number of aromatic nitrogens is 1. The Balaban J connectivity index is 0.860. The van der Waals surface area contributed by atoms with Crippen LogP contribution >= 0.6 is 0 Å². The van der Waals surface area contributed by atoms with Gasteiger partial charge < -0.3 is 73.5 Å². The molecule has 0 saturated carbocycles. The first-order valence-corrected chi connectivity index (χ1v) is 25.9. The molecular formula is C52H80N8O15. The number of amidine groups is 1. The number of likely N-dealkylation sites (N-methyl/N-ethyl adjacent to an activating group) is 1. The Bertz CT molecular complexity index is 2040. The van der Waals surface area contributed by atoms with Gasteiger partial charge in [0, 0.05) is 75.7 Å². The van der Waals surface area contributed by atoms with Gasteiger partial charge in [-0.3, -0.25) is 33.9 Å². The normalized spacial score (nSPS) is 14.3. The largest absolute Gasteiger partial charge is 0.387 e. The van der Waals surface area contributed by atoms with E-state index in [1.807, 2.05) is 36.2 Å². The van der Waals surface area contributed by atoms with E-state index in [-0.39, 0.29) is 51.0 Å². The Labute approximate surface area is 441 Å². The fraction of sp³-hybridized carbons (Fsp3) is 0.635. The minimum Gasteiger partial charge on any atom is -0.387 e. The van der Waals surface area contributed by atoms with Gasteiger partial charge in [0.25, 0.3) is 11.8 Å². The molecule has 0 atom stereocenters. The standard InChI is InChI=1S/C52H80N8O15/c1-4-12-59(13-5-2)52(65)42-34-45-46(57-47(53)36-42)35-43(37-55-45)41-6-7-44(58(3)39-41)38-56-48(61)10-14-66-16-18-68-20-22-70-24-26-72-28-30-74-32-33-75-31-29-73-27-25-71-23-21-69-19-17-67-15-11-54-49(62)40-60-50(63)8-9-51(60)64/h6-9,34-35,37H,4-5,10-33,36,38-40H2,1-3H3,(H2,53,57)(H,54,62)(H,56,61). The van der Waals surface area contributed by atoms with E-state index in [9.17, 15) is 24.0 Å². The first kappa shape index (κ1) is 62.1. The monoisotopic (exact) mass is 1060 g/mol. The molecule has 3 aliphatic heterocycles. The summed E-state index contributed by atoms with van der Waals surface area (Å²) in [5, 5.41) is 5.57. The first-order chi connectivity index (χ1) is 36.6. The molecule has 0 aliphatic carbocycles. The number of amides is 5. The Hall–Kier alpha value is -5.47. The van der Waals surface area contributed by atoms with Crippen molar-refractivity contribution in [3.05, 3.63) is 59.1 Å². The fourth-order valence-electron chi connectivity index (χ4n) is 7.33.